The second-order valence-corrected chi connectivity index (χ2v) is 5.87. The smallest absolute Gasteiger partial charge is 0.254 e. The van der Waals surface area contributed by atoms with Gasteiger partial charge in [0, 0.05) is 17.6 Å². The molecule has 1 fully saturated rings. The molecule has 1 aliphatic rings. The number of piperidine rings is 1. The molecule has 1 aromatic rings. The van der Waals surface area contributed by atoms with E-state index in [2.05, 4.69) is 13.8 Å². The van der Waals surface area contributed by atoms with Gasteiger partial charge in [-0.25, -0.2) is 0 Å². The second kappa shape index (κ2) is 7.52. The monoisotopic (exact) mass is 305 g/mol. The first-order chi connectivity index (χ1) is 10.6. The van der Waals surface area contributed by atoms with Crippen LogP contribution in [-0.4, -0.2) is 36.1 Å². The fourth-order valence-corrected chi connectivity index (χ4v) is 3.15. The lowest BCUT2D eigenvalue weighted by Gasteiger charge is -2.39. The lowest BCUT2D eigenvalue weighted by molar-refractivity contribution is 0.0510. The van der Waals surface area contributed by atoms with E-state index >= 15 is 0 Å². The molecular formula is C18H27NO3. The maximum atomic E-state index is 12.9. The van der Waals surface area contributed by atoms with Crippen LogP contribution in [0.5, 0.6) is 11.5 Å². The third-order valence-corrected chi connectivity index (χ3v) is 4.22. The van der Waals surface area contributed by atoms with Crippen LogP contribution >= 0.6 is 0 Å². The molecule has 0 saturated carbocycles. The molecule has 1 heterocycles. The van der Waals surface area contributed by atoms with E-state index in [-0.39, 0.29) is 5.91 Å². The Morgan fingerprint density at radius 1 is 1.09 bits per heavy atom. The average Bonchev–Trinajstić information content (AvgIpc) is 2.49. The number of carbonyl (C=O) groups excluding carboxylic acids is 1. The van der Waals surface area contributed by atoms with Crippen molar-refractivity contribution >= 4 is 5.91 Å². The van der Waals surface area contributed by atoms with Gasteiger partial charge in [0.2, 0.25) is 0 Å². The minimum absolute atomic E-state index is 0.0868. The Bertz CT molecular complexity index is 505. The zero-order valence-electron chi connectivity index (χ0n) is 14.1. The van der Waals surface area contributed by atoms with Crippen molar-refractivity contribution in [3.8, 4) is 11.5 Å². The predicted octanol–water partition coefficient (Wildman–Crippen LogP) is 3.89. The number of rotatable bonds is 5. The Labute approximate surface area is 133 Å². The predicted molar refractivity (Wildman–Crippen MR) is 87.7 cm³/mol. The van der Waals surface area contributed by atoms with Crippen LogP contribution in [0.15, 0.2) is 18.2 Å². The van der Waals surface area contributed by atoms with Crippen LogP contribution < -0.4 is 9.47 Å². The maximum absolute atomic E-state index is 12.9. The van der Waals surface area contributed by atoms with Crippen LogP contribution in [0.25, 0.3) is 0 Å². The highest BCUT2D eigenvalue weighted by molar-refractivity contribution is 5.95. The molecule has 2 rings (SSSR count). The summed E-state index contributed by atoms with van der Waals surface area (Å²) in [7, 11) is 0. The number of likely N-dealkylation sites (tertiary alicyclic amines) is 1. The molecule has 1 aromatic carbocycles. The van der Waals surface area contributed by atoms with Gasteiger partial charge >= 0.3 is 0 Å². The van der Waals surface area contributed by atoms with E-state index in [1.807, 2.05) is 36.9 Å². The number of hydrogen-bond acceptors (Lipinski definition) is 3. The number of nitrogens with zero attached hydrogens (tertiary/aromatic N) is 1. The van der Waals surface area contributed by atoms with Gasteiger partial charge in [0.15, 0.2) is 11.5 Å². The minimum Gasteiger partial charge on any atom is -0.490 e. The molecule has 4 heteroatoms. The summed E-state index contributed by atoms with van der Waals surface area (Å²) >= 11 is 0. The quantitative estimate of drug-likeness (QED) is 0.828. The van der Waals surface area contributed by atoms with Crippen molar-refractivity contribution in [1.82, 2.24) is 4.90 Å². The van der Waals surface area contributed by atoms with Gasteiger partial charge in [-0.15, -0.1) is 0 Å². The summed E-state index contributed by atoms with van der Waals surface area (Å²) in [6, 6.07) is 6.06. The molecule has 0 spiro atoms. The molecule has 0 N–H and O–H groups in total. The van der Waals surface area contributed by atoms with E-state index in [1.165, 1.54) is 6.42 Å². The van der Waals surface area contributed by atoms with Gasteiger partial charge in [0.05, 0.1) is 13.2 Å². The van der Waals surface area contributed by atoms with E-state index in [9.17, 15) is 4.79 Å². The summed E-state index contributed by atoms with van der Waals surface area (Å²) in [4.78, 5) is 14.9. The van der Waals surface area contributed by atoms with Crippen molar-refractivity contribution in [2.75, 3.05) is 13.2 Å². The van der Waals surface area contributed by atoms with Crippen LogP contribution in [0.4, 0.5) is 0 Å². The Morgan fingerprint density at radius 2 is 1.68 bits per heavy atom. The highest BCUT2D eigenvalue weighted by atomic mass is 16.5. The van der Waals surface area contributed by atoms with Crippen molar-refractivity contribution in [3.05, 3.63) is 23.8 Å². The second-order valence-electron chi connectivity index (χ2n) is 5.87. The van der Waals surface area contributed by atoms with Crippen molar-refractivity contribution in [2.24, 2.45) is 0 Å². The van der Waals surface area contributed by atoms with E-state index < -0.39 is 0 Å². The van der Waals surface area contributed by atoms with Crippen molar-refractivity contribution < 1.29 is 14.3 Å². The van der Waals surface area contributed by atoms with Gasteiger partial charge in [0.25, 0.3) is 5.91 Å². The Balaban J connectivity index is 2.27. The van der Waals surface area contributed by atoms with Crippen LogP contribution in [0.2, 0.25) is 0 Å². The fourth-order valence-electron chi connectivity index (χ4n) is 3.15. The van der Waals surface area contributed by atoms with Crippen molar-refractivity contribution in [2.45, 2.75) is 59.0 Å². The molecule has 1 amide bonds. The zero-order valence-corrected chi connectivity index (χ0v) is 14.1. The summed E-state index contributed by atoms with van der Waals surface area (Å²) in [6.45, 7) is 9.25. The first-order valence-electron chi connectivity index (χ1n) is 8.30. The zero-order chi connectivity index (χ0) is 16.1. The third-order valence-electron chi connectivity index (χ3n) is 4.22. The van der Waals surface area contributed by atoms with Gasteiger partial charge in [-0.1, -0.05) is 0 Å². The van der Waals surface area contributed by atoms with Gasteiger partial charge in [-0.2, -0.15) is 0 Å². The van der Waals surface area contributed by atoms with E-state index in [0.717, 1.165) is 12.8 Å². The normalized spacial score (nSPS) is 21.5. The number of hydrogen-bond donors (Lipinski definition) is 0. The van der Waals surface area contributed by atoms with Crippen LogP contribution in [0, 0.1) is 0 Å². The van der Waals surface area contributed by atoms with Gasteiger partial charge in [-0.05, 0) is 65.2 Å². The van der Waals surface area contributed by atoms with E-state index in [0.29, 0.717) is 42.4 Å². The maximum Gasteiger partial charge on any atom is 0.254 e. The first-order valence-corrected chi connectivity index (χ1v) is 8.30. The topological polar surface area (TPSA) is 38.8 Å². The highest BCUT2D eigenvalue weighted by Crippen LogP contribution is 2.31. The number of carbonyl (C=O) groups is 1. The largest absolute Gasteiger partial charge is 0.490 e. The molecule has 22 heavy (non-hydrogen) atoms. The Hall–Kier alpha value is -1.71. The molecular weight excluding hydrogens is 278 g/mol. The molecule has 0 bridgehead atoms. The highest BCUT2D eigenvalue weighted by Gasteiger charge is 2.30. The summed E-state index contributed by atoms with van der Waals surface area (Å²) in [5.74, 6) is 1.43. The molecule has 0 radical (unpaired) electrons. The van der Waals surface area contributed by atoms with Crippen molar-refractivity contribution in [1.29, 1.82) is 0 Å². The molecule has 1 aliphatic heterocycles. The van der Waals surface area contributed by atoms with E-state index in [1.54, 1.807) is 0 Å². The summed E-state index contributed by atoms with van der Waals surface area (Å²) in [5, 5.41) is 0. The molecule has 4 nitrogen and oxygen atoms in total. The molecule has 1 saturated heterocycles. The third kappa shape index (κ3) is 3.54. The number of ether oxygens (including phenoxy) is 2. The molecule has 0 aliphatic carbocycles. The lowest BCUT2D eigenvalue weighted by atomic mass is 9.96. The fraction of sp³-hybridized carbons (Fsp3) is 0.611. The van der Waals surface area contributed by atoms with E-state index in [4.69, 9.17) is 9.47 Å². The summed E-state index contributed by atoms with van der Waals surface area (Å²) in [6.07, 6.45) is 3.34. The van der Waals surface area contributed by atoms with Crippen LogP contribution in [0.3, 0.4) is 0 Å². The number of amides is 1. The van der Waals surface area contributed by atoms with Gasteiger partial charge in [-0.3, -0.25) is 4.79 Å². The standard InChI is InChI=1S/C18H27NO3/c1-5-21-16-11-10-15(12-17(16)22-6-2)18(20)19-13(3)8-7-9-14(19)4/h10-14H,5-9H2,1-4H3/t13-,14+. The SMILES string of the molecule is CCOc1ccc(C(=O)N2[C@H](C)CCC[C@@H]2C)cc1OCC. The Morgan fingerprint density at radius 3 is 2.27 bits per heavy atom. The van der Waals surface area contributed by atoms with Crippen LogP contribution in [-0.2, 0) is 0 Å². The summed E-state index contributed by atoms with van der Waals surface area (Å²) in [5.41, 5.74) is 0.674. The van der Waals surface area contributed by atoms with Crippen molar-refractivity contribution in [3.63, 3.8) is 0 Å². The average molecular weight is 305 g/mol. The van der Waals surface area contributed by atoms with Crippen LogP contribution in [0.1, 0.15) is 57.3 Å². The van der Waals surface area contributed by atoms with Gasteiger partial charge < -0.3 is 14.4 Å². The first kappa shape index (κ1) is 16.7. The van der Waals surface area contributed by atoms with Gasteiger partial charge in [0.1, 0.15) is 0 Å². The Kier molecular flexibility index (Phi) is 5.69. The minimum atomic E-state index is 0.0868. The molecule has 0 unspecified atom stereocenters. The molecule has 2 atom stereocenters. The summed E-state index contributed by atoms with van der Waals surface area (Å²) < 4.78 is 11.2. The molecule has 122 valence electrons. The number of benzene rings is 1. The lowest BCUT2D eigenvalue weighted by Crippen LogP contribution is -2.47. The molecule has 0 aromatic heterocycles.